The number of aryl methyl sites for hydroxylation is 1. The highest BCUT2D eigenvalue weighted by molar-refractivity contribution is 7.16. The fourth-order valence-corrected chi connectivity index (χ4v) is 3.51. The Balaban J connectivity index is 2.13. The van der Waals surface area contributed by atoms with Crippen LogP contribution in [0.25, 0.3) is 0 Å². The van der Waals surface area contributed by atoms with Gasteiger partial charge in [-0.15, -0.1) is 11.3 Å². The number of likely N-dealkylation sites (tertiary alicyclic amines) is 1. The van der Waals surface area contributed by atoms with Crippen LogP contribution in [0.3, 0.4) is 0 Å². The largest absolute Gasteiger partial charge is 0.478 e. The predicted octanol–water partition coefficient (Wildman–Crippen LogP) is 2.71. The van der Waals surface area contributed by atoms with Gasteiger partial charge in [-0.3, -0.25) is 5.32 Å². The SMILES string of the molecule is COC1CCCN(C(=O)Nc2sc(C)c(C)c2C(=O)O)C1. The van der Waals surface area contributed by atoms with Crippen molar-refractivity contribution in [1.82, 2.24) is 4.90 Å². The maximum absolute atomic E-state index is 12.3. The molecule has 0 aromatic carbocycles. The molecule has 0 spiro atoms. The van der Waals surface area contributed by atoms with Crippen LogP contribution in [0.15, 0.2) is 0 Å². The monoisotopic (exact) mass is 312 g/mol. The van der Waals surface area contributed by atoms with Crippen molar-refractivity contribution >= 4 is 28.3 Å². The van der Waals surface area contributed by atoms with E-state index in [2.05, 4.69) is 5.32 Å². The van der Waals surface area contributed by atoms with Crippen LogP contribution in [-0.4, -0.2) is 48.3 Å². The number of thiophene rings is 1. The first-order chi connectivity index (χ1) is 9.93. The predicted molar refractivity (Wildman–Crippen MR) is 81.4 cm³/mol. The lowest BCUT2D eigenvalue weighted by Gasteiger charge is -2.31. The molecular weight excluding hydrogens is 292 g/mol. The molecule has 1 aromatic heterocycles. The van der Waals surface area contributed by atoms with E-state index in [1.165, 1.54) is 11.3 Å². The summed E-state index contributed by atoms with van der Waals surface area (Å²) in [5, 5.41) is 12.4. The molecule has 0 bridgehead atoms. The number of methoxy groups -OCH3 is 1. The van der Waals surface area contributed by atoms with Gasteiger partial charge in [0.25, 0.3) is 0 Å². The van der Waals surface area contributed by atoms with E-state index in [0.717, 1.165) is 17.7 Å². The van der Waals surface area contributed by atoms with Crippen LogP contribution in [0.1, 0.15) is 33.6 Å². The molecule has 2 amide bonds. The number of carbonyl (C=O) groups excluding carboxylic acids is 1. The van der Waals surface area contributed by atoms with E-state index < -0.39 is 5.97 Å². The van der Waals surface area contributed by atoms with Crippen LogP contribution >= 0.6 is 11.3 Å². The van der Waals surface area contributed by atoms with Crippen molar-refractivity contribution in [2.45, 2.75) is 32.8 Å². The van der Waals surface area contributed by atoms with Crippen molar-refractivity contribution in [1.29, 1.82) is 0 Å². The molecule has 6 nitrogen and oxygen atoms in total. The van der Waals surface area contributed by atoms with E-state index in [-0.39, 0.29) is 17.7 Å². The molecule has 0 saturated carbocycles. The summed E-state index contributed by atoms with van der Waals surface area (Å²) in [6.45, 7) is 4.81. The zero-order valence-corrected chi connectivity index (χ0v) is 13.2. The summed E-state index contributed by atoms with van der Waals surface area (Å²) in [7, 11) is 1.64. The highest BCUT2D eigenvalue weighted by atomic mass is 32.1. The Morgan fingerprint density at radius 1 is 1.43 bits per heavy atom. The second-order valence-electron chi connectivity index (χ2n) is 5.17. The maximum atomic E-state index is 12.3. The Kier molecular flexibility index (Phi) is 4.84. The van der Waals surface area contributed by atoms with Gasteiger partial charge in [0.2, 0.25) is 0 Å². The van der Waals surface area contributed by atoms with Crippen LogP contribution in [0.5, 0.6) is 0 Å². The third-order valence-corrected chi connectivity index (χ3v) is 4.94. The number of piperidine rings is 1. The number of hydrogen-bond acceptors (Lipinski definition) is 4. The number of hydrogen-bond donors (Lipinski definition) is 2. The Hall–Kier alpha value is -1.60. The molecular formula is C14H20N2O4S. The van der Waals surface area contributed by atoms with Crippen LogP contribution in [0.2, 0.25) is 0 Å². The van der Waals surface area contributed by atoms with Gasteiger partial charge < -0.3 is 14.7 Å². The first-order valence-electron chi connectivity index (χ1n) is 6.86. The molecule has 2 N–H and O–H groups in total. The Labute approximate surface area is 127 Å². The van der Waals surface area contributed by atoms with Crippen molar-refractivity contribution in [3.63, 3.8) is 0 Å². The number of carboxylic acids is 1. The second-order valence-corrected chi connectivity index (χ2v) is 6.39. The first kappa shape index (κ1) is 15.8. The van der Waals surface area contributed by atoms with Gasteiger partial charge in [-0.05, 0) is 32.3 Å². The van der Waals surface area contributed by atoms with E-state index in [0.29, 0.717) is 23.7 Å². The van der Waals surface area contributed by atoms with E-state index in [1.807, 2.05) is 6.92 Å². The van der Waals surface area contributed by atoms with E-state index in [4.69, 9.17) is 4.74 Å². The molecule has 21 heavy (non-hydrogen) atoms. The van der Waals surface area contributed by atoms with Gasteiger partial charge in [0.15, 0.2) is 0 Å². The number of nitrogens with zero attached hydrogens (tertiary/aromatic N) is 1. The molecule has 1 atom stereocenters. The van der Waals surface area contributed by atoms with Crippen molar-refractivity contribution in [2.24, 2.45) is 0 Å². The Morgan fingerprint density at radius 3 is 2.76 bits per heavy atom. The van der Waals surface area contributed by atoms with E-state index >= 15 is 0 Å². The van der Waals surface area contributed by atoms with Gasteiger partial charge in [-0.1, -0.05) is 0 Å². The average Bonchev–Trinajstić information content (AvgIpc) is 2.73. The topological polar surface area (TPSA) is 78.9 Å². The minimum atomic E-state index is -1.01. The summed E-state index contributed by atoms with van der Waals surface area (Å²) in [5.41, 5.74) is 0.891. The average molecular weight is 312 g/mol. The van der Waals surface area contributed by atoms with Gasteiger partial charge in [0.05, 0.1) is 11.7 Å². The van der Waals surface area contributed by atoms with Crippen molar-refractivity contribution < 1.29 is 19.4 Å². The van der Waals surface area contributed by atoms with Gasteiger partial charge in [0.1, 0.15) is 5.00 Å². The number of anilines is 1. The molecule has 1 aromatic rings. The molecule has 7 heteroatoms. The zero-order chi connectivity index (χ0) is 15.6. The lowest BCUT2D eigenvalue weighted by molar-refractivity contribution is 0.0458. The molecule has 1 saturated heterocycles. The third-order valence-electron chi connectivity index (χ3n) is 3.82. The molecule has 1 fully saturated rings. The number of aromatic carboxylic acids is 1. The maximum Gasteiger partial charge on any atom is 0.338 e. The van der Waals surface area contributed by atoms with Crippen molar-refractivity contribution in [2.75, 3.05) is 25.5 Å². The number of carbonyl (C=O) groups is 2. The quantitative estimate of drug-likeness (QED) is 0.899. The number of urea groups is 1. The van der Waals surface area contributed by atoms with E-state index in [1.54, 1.807) is 18.9 Å². The van der Waals surface area contributed by atoms with Crippen LogP contribution < -0.4 is 5.32 Å². The summed E-state index contributed by atoms with van der Waals surface area (Å²) >= 11 is 1.30. The summed E-state index contributed by atoms with van der Waals surface area (Å²) in [4.78, 5) is 26.2. The van der Waals surface area contributed by atoms with Crippen LogP contribution in [0, 0.1) is 13.8 Å². The minimum Gasteiger partial charge on any atom is -0.478 e. The molecule has 1 unspecified atom stereocenters. The molecule has 2 heterocycles. The Morgan fingerprint density at radius 2 is 2.14 bits per heavy atom. The molecule has 0 aliphatic carbocycles. The highest BCUT2D eigenvalue weighted by Gasteiger charge is 2.26. The normalized spacial score (nSPS) is 18.6. The van der Waals surface area contributed by atoms with Crippen molar-refractivity contribution in [3.05, 3.63) is 16.0 Å². The van der Waals surface area contributed by atoms with E-state index in [9.17, 15) is 14.7 Å². The first-order valence-corrected chi connectivity index (χ1v) is 7.67. The van der Waals surface area contributed by atoms with Crippen LogP contribution in [-0.2, 0) is 4.74 Å². The summed E-state index contributed by atoms with van der Waals surface area (Å²) < 4.78 is 5.29. The second kappa shape index (κ2) is 6.44. The Bertz CT molecular complexity index is 555. The van der Waals surface area contributed by atoms with Gasteiger partial charge >= 0.3 is 12.0 Å². The number of amides is 2. The number of nitrogens with one attached hydrogen (secondary N) is 1. The molecule has 1 aliphatic heterocycles. The van der Waals surface area contributed by atoms with Gasteiger partial charge in [-0.25, -0.2) is 9.59 Å². The van der Waals surface area contributed by atoms with Crippen LogP contribution in [0.4, 0.5) is 9.80 Å². The lowest BCUT2D eigenvalue weighted by atomic mass is 10.1. The summed E-state index contributed by atoms with van der Waals surface area (Å²) in [6.07, 6.45) is 1.88. The molecule has 0 radical (unpaired) electrons. The number of carboxylic acid groups (broad SMARTS) is 1. The highest BCUT2D eigenvalue weighted by Crippen LogP contribution is 2.32. The summed E-state index contributed by atoms with van der Waals surface area (Å²) in [6, 6.07) is -0.263. The van der Waals surface area contributed by atoms with Crippen molar-refractivity contribution in [3.8, 4) is 0 Å². The lowest BCUT2D eigenvalue weighted by Crippen LogP contribution is -2.44. The molecule has 2 rings (SSSR count). The number of ether oxygens (including phenoxy) is 1. The fourth-order valence-electron chi connectivity index (χ4n) is 2.46. The smallest absolute Gasteiger partial charge is 0.338 e. The third kappa shape index (κ3) is 3.36. The zero-order valence-electron chi connectivity index (χ0n) is 12.4. The molecule has 1 aliphatic rings. The standard InChI is InChI=1S/C14H20N2O4S/c1-8-9(2)21-12(11(8)13(17)18)15-14(19)16-6-4-5-10(7-16)20-3/h10H,4-7H2,1-3H3,(H,15,19)(H,17,18). The van der Waals surface area contributed by atoms with Gasteiger partial charge in [0, 0.05) is 25.1 Å². The minimum absolute atomic E-state index is 0.0512. The number of rotatable bonds is 3. The van der Waals surface area contributed by atoms with Gasteiger partial charge in [-0.2, -0.15) is 0 Å². The summed E-state index contributed by atoms with van der Waals surface area (Å²) in [5.74, 6) is -1.01. The molecule has 116 valence electrons. The fraction of sp³-hybridized carbons (Fsp3) is 0.571.